The average Bonchev–Trinajstić information content (AvgIpc) is 2.71. The van der Waals surface area contributed by atoms with Gasteiger partial charge in [0.05, 0.1) is 21.6 Å². The lowest BCUT2D eigenvalue weighted by atomic mass is 10.3. The highest BCUT2D eigenvalue weighted by Gasteiger charge is 2.12. The van der Waals surface area contributed by atoms with Gasteiger partial charge in [-0.05, 0) is 26.0 Å². The fraction of sp³-hybridized carbons (Fsp3) is 0.462. The van der Waals surface area contributed by atoms with Gasteiger partial charge in [0.25, 0.3) is 0 Å². The number of hydrogen-bond acceptors (Lipinski definition) is 4. The van der Waals surface area contributed by atoms with Crippen molar-refractivity contribution in [3.63, 3.8) is 0 Å². The van der Waals surface area contributed by atoms with E-state index in [0.717, 1.165) is 16.9 Å². The Balaban J connectivity index is 2.10. The topological polar surface area (TPSA) is 31.4 Å². The van der Waals surface area contributed by atoms with Crippen LogP contribution in [-0.2, 0) is 15.9 Å². The Bertz CT molecular complexity index is 430. The summed E-state index contributed by atoms with van der Waals surface area (Å²) < 4.78 is 12.3. The van der Waals surface area contributed by atoms with E-state index in [1.165, 1.54) is 4.70 Å². The summed E-state index contributed by atoms with van der Waals surface area (Å²) >= 11 is 1.71. The van der Waals surface area contributed by atoms with E-state index < -0.39 is 0 Å². The molecular weight excluding hydrogens is 234 g/mol. The molecule has 1 heterocycles. The minimum absolute atomic E-state index is 0.175. The van der Waals surface area contributed by atoms with Crippen LogP contribution in [-0.4, -0.2) is 24.5 Å². The highest BCUT2D eigenvalue weighted by molar-refractivity contribution is 7.18. The lowest BCUT2D eigenvalue weighted by Gasteiger charge is -2.15. The van der Waals surface area contributed by atoms with Gasteiger partial charge in [-0.2, -0.15) is 0 Å². The van der Waals surface area contributed by atoms with Crippen molar-refractivity contribution in [2.45, 2.75) is 26.6 Å². The summed E-state index contributed by atoms with van der Waals surface area (Å²) in [7, 11) is 0. The van der Waals surface area contributed by atoms with Gasteiger partial charge in [-0.15, -0.1) is 11.3 Å². The third-order valence-corrected chi connectivity index (χ3v) is 3.44. The van der Waals surface area contributed by atoms with Crippen molar-refractivity contribution in [1.29, 1.82) is 0 Å². The minimum Gasteiger partial charge on any atom is -0.353 e. The molecule has 0 radical (unpaired) electrons. The fourth-order valence-electron chi connectivity index (χ4n) is 1.69. The van der Waals surface area contributed by atoms with Crippen LogP contribution in [0.15, 0.2) is 24.3 Å². The van der Waals surface area contributed by atoms with Crippen LogP contribution in [0.3, 0.4) is 0 Å². The third kappa shape index (κ3) is 3.25. The second-order valence-corrected chi connectivity index (χ2v) is 4.73. The van der Waals surface area contributed by atoms with Crippen molar-refractivity contribution >= 4 is 21.6 Å². The van der Waals surface area contributed by atoms with Crippen molar-refractivity contribution in [2.24, 2.45) is 0 Å². The molecule has 92 valence electrons. The van der Waals surface area contributed by atoms with E-state index in [1.54, 1.807) is 11.3 Å². The first-order valence-electron chi connectivity index (χ1n) is 5.91. The zero-order valence-corrected chi connectivity index (χ0v) is 11.0. The molecule has 0 N–H and O–H groups in total. The molecule has 1 aromatic heterocycles. The van der Waals surface area contributed by atoms with Crippen LogP contribution in [0.1, 0.15) is 18.9 Å². The van der Waals surface area contributed by atoms with Gasteiger partial charge in [-0.1, -0.05) is 12.1 Å². The Kier molecular flexibility index (Phi) is 4.48. The van der Waals surface area contributed by atoms with Gasteiger partial charge in [0, 0.05) is 13.2 Å². The summed E-state index contributed by atoms with van der Waals surface area (Å²) in [4.78, 5) is 4.58. The molecule has 2 aromatic rings. The van der Waals surface area contributed by atoms with Gasteiger partial charge < -0.3 is 9.47 Å². The normalized spacial score (nSPS) is 11.5. The van der Waals surface area contributed by atoms with Crippen LogP contribution in [0.25, 0.3) is 10.2 Å². The molecule has 0 saturated carbocycles. The third-order valence-electron chi connectivity index (χ3n) is 2.38. The van der Waals surface area contributed by atoms with Crippen LogP contribution in [0.5, 0.6) is 0 Å². The molecule has 0 amide bonds. The molecule has 2 rings (SSSR count). The number of fused-ring (bicyclic) bond motifs is 1. The molecule has 0 saturated heterocycles. The zero-order chi connectivity index (χ0) is 12.1. The van der Waals surface area contributed by atoms with Gasteiger partial charge >= 0.3 is 0 Å². The molecule has 0 atom stereocenters. The molecule has 1 aromatic carbocycles. The van der Waals surface area contributed by atoms with E-state index in [1.807, 2.05) is 32.0 Å². The Hall–Kier alpha value is -0.970. The second-order valence-electron chi connectivity index (χ2n) is 3.62. The highest BCUT2D eigenvalue weighted by atomic mass is 32.1. The molecular formula is C13H17NO2S. The second kappa shape index (κ2) is 6.10. The van der Waals surface area contributed by atoms with Crippen LogP contribution in [0.2, 0.25) is 0 Å². The smallest absolute Gasteiger partial charge is 0.163 e. The quantitative estimate of drug-likeness (QED) is 0.739. The summed E-state index contributed by atoms with van der Waals surface area (Å²) in [6.45, 7) is 5.28. The molecule has 0 spiro atoms. The zero-order valence-electron chi connectivity index (χ0n) is 10.2. The molecule has 0 aliphatic heterocycles. The molecule has 0 unspecified atom stereocenters. The van der Waals surface area contributed by atoms with Crippen LogP contribution >= 0.6 is 11.3 Å². The van der Waals surface area contributed by atoms with E-state index in [-0.39, 0.29) is 6.29 Å². The predicted octanol–water partition coefficient (Wildman–Crippen LogP) is 3.24. The van der Waals surface area contributed by atoms with Crippen molar-refractivity contribution in [3.05, 3.63) is 29.3 Å². The van der Waals surface area contributed by atoms with Gasteiger partial charge in [-0.25, -0.2) is 4.98 Å². The first-order chi connectivity index (χ1) is 8.33. The van der Waals surface area contributed by atoms with Crippen molar-refractivity contribution < 1.29 is 9.47 Å². The average molecular weight is 251 g/mol. The first kappa shape index (κ1) is 12.5. The minimum atomic E-state index is -0.175. The molecule has 0 fully saturated rings. The number of benzene rings is 1. The van der Waals surface area contributed by atoms with E-state index in [9.17, 15) is 0 Å². The fourth-order valence-corrected chi connectivity index (χ4v) is 2.67. The van der Waals surface area contributed by atoms with Crippen LogP contribution in [0, 0.1) is 0 Å². The van der Waals surface area contributed by atoms with Crippen LogP contribution < -0.4 is 0 Å². The largest absolute Gasteiger partial charge is 0.353 e. The number of rotatable bonds is 6. The monoisotopic (exact) mass is 251 g/mol. The summed E-state index contributed by atoms with van der Waals surface area (Å²) in [5, 5.41) is 1.07. The number of aromatic nitrogens is 1. The van der Waals surface area contributed by atoms with E-state index in [0.29, 0.717) is 13.2 Å². The maximum Gasteiger partial charge on any atom is 0.163 e. The van der Waals surface area contributed by atoms with Crippen molar-refractivity contribution in [3.8, 4) is 0 Å². The standard InChI is InChI=1S/C13H17NO2S/c1-3-15-13(16-4-2)9-12-14-10-7-5-6-8-11(10)17-12/h5-8,13H,3-4,9H2,1-2H3. The summed E-state index contributed by atoms with van der Waals surface area (Å²) in [6, 6.07) is 8.17. The number of ether oxygens (including phenoxy) is 2. The lowest BCUT2D eigenvalue weighted by Crippen LogP contribution is -2.19. The maximum atomic E-state index is 5.53. The van der Waals surface area contributed by atoms with E-state index in [4.69, 9.17) is 9.47 Å². The Morgan fingerprint density at radius 1 is 1.18 bits per heavy atom. The summed E-state index contributed by atoms with van der Waals surface area (Å²) in [5.74, 6) is 0. The summed E-state index contributed by atoms with van der Waals surface area (Å²) in [6.07, 6.45) is 0.548. The molecule has 0 aliphatic rings. The SMILES string of the molecule is CCOC(Cc1nc2ccccc2s1)OCC. The van der Waals surface area contributed by atoms with Gasteiger partial charge in [-0.3, -0.25) is 0 Å². The van der Waals surface area contributed by atoms with E-state index in [2.05, 4.69) is 11.1 Å². The van der Waals surface area contributed by atoms with Crippen molar-refractivity contribution in [2.75, 3.05) is 13.2 Å². The maximum absolute atomic E-state index is 5.53. The molecule has 17 heavy (non-hydrogen) atoms. The number of hydrogen-bond donors (Lipinski definition) is 0. The first-order valence-corrected chi connectivity index (χ1v) is 6.72. The summed E-state index contributed by atoms with van der Waals surface area (Å²) in [5.41, 5.74) is 1.05. The van der Waals surface area contributed by atoms with Gasteiger partial charge in [0.1, 0.15) is 0 Å². The highest BCUT2D eigenvalue weighted by Crippen LogP contribution is 2.23. The Morgan fingerprint density at radius 3 is 2.53 bits per heavy atom. The molecule has 4 heteroatoms. The molecule has 0 aliphatic carbocycles. The Labute approximate surface area is 105 Å². The molecule has 0 bridgehead atoms. The van der Waals surface area contributed by atoms with E-state index >= 15 is 0 Å². The van der Waals surface area contributed by atoms with Crippen molar-refractivity contribution in [1.82, 2.24) is 4.98 Å². The molecule has 3 nitrogen and oxygen atoms in total. The number of nitrogens with zero attached hydrogens (tertiary/aromatic N) is 1. The van der Waals surface area contributed by atoms with Crippen LogP contribution in [0.4, 0.5) is 0 Å². The lowest BCUT2D eigenvalue weighted by molar-refractivity contribution is -0.134. The number of thiazole rings is 1. The predicted molar refractivity (Wildman–Crippen MR) is 70.4 cm³/mol. The van der Waals surface area contributed by atoms with Gasteiger partial charge in [0.2, 0.25) is 0 Å². The number of para-hydroxylation sites is 1. The Morgan fingerprint density at radius 2 is 1.88 bits per heavy atom. The van der Waals surface area contributed by atoms with Gasteiger partial charge in [0.15, 0.2) is 6.29 Å².